The summed E-state index contributed by atoms with van der Waals surface area (Å²) in [4.78, 5) is 27.8. The van der Waals surface area contributed by atoms with E-state index in [2.05, 4.69) is 10.2 Å². The van der Waals surface area contributed by atoms with Gasteiger partial charge in [0.2, 0.25) is 11.8 Å². The first-order valence-corrected chi connectivity index (χ1v) is 9.20. The second-order valence-electron chi connectivity index (χ2n) is 6.61. The van der Waals surface area contributed by atoms with E-state index in [1.807, 2.05) is 38.1 Å². The van der Waals surface area contributed by atoms with Crippen molar-refractivity contribution in [1.82, 2.24) is 9.80 Å². The third kappa shape index (κ3) is 3.95. The molecule has 0 saturated carbocycles. The Morgan fingerprint density at radius 1 is 1.12 bits per heavy atom. The van der Waals surface area contributed by atoms with Crippen LogP contribution < -0.4 is 10.1 Å². The number of nitrogens with zero attached hydrogens (tertiary/aromatic N) is 2. The van der Waals surface area contributed by atoms with Gasteiger partial charge in [0.15, 0.2) is 0 Å². The summed E-state index contributed by atoms with van der Waals surface area (Å²) in [5, 5.41) is 3.56. The number of likely N-dealkylation sites (N-methyl/N-ethyl adjacent to an activating group) is 1. The summed E-state index contributed by atoms with van der Waals surface area (Å²) in [5.74, 6) is 0.824. The predicted octanol–water partition coefficient (Wildman–Crippen LogP) is 2.11. The van der Waals surface area contributed by atoms with Gasteiger partial charge in [-0.1, -0.05) is 0 Å². The van der Waals surface area contributed by atoms with Gasteiger partial charge in [0, 0.05) is 31.4 Å². The van der Waals surface area contributed by atoms with Gasteiger partial charge in [-0.3, -0.25) is 19.4 Å². The SMILES string of the molecule is CCOc1ccc(NC2CCN([C@H]3CC(=O)N(CC)C3=O)CC2)cc1. The Balaban J connectivity index is 1.50. The summed E-state index contributed by atoms with van der Waals surface area (Å²) < 4.78 is 5.46. The molecule has 6 heteroatoms. The fourth-order valence-corrected chi connectivity index (χ4v) is 3.69. The number of anilines is 1. The summed E-state index contributed by atoms with van der Waals surface area (Å²) in [6.07, 6.45) is 2.28. The van der Waals surface area contributed by atoms with Crippen LogP contribution in [-0.2, 0) is 9.59 Å². The lowest BCUT2D eigenvalue weighted by Gasteiger charge is -2.35. The molecule has 0 unspecified atom stereocenters. The second-order valence-corrected chi connectivity index (χ2v) is 6.61. The molecule has 2 fully saturated rings. The van der Waals surface area contributed by atoms with Crippen LogP contribution in [0.5, 0.6) is 5.75 Å². The zero-order valence-electron chi connectivity index (χ0n) is 15.0. The van der Waals surface area contributed by atoms with Gasteiger partial charge < -0.3 is 10.1 Å². The molecule has 2 aliphatic heterocycles. The van der Waals surface area contributed by atoms with Gasteiger partial charge in [-0.15, -0.1) is 0 Å². The third-order valence-corrected chi connectivity index (χ3v) is 5.04. The van der Waals surface area contributed by atoms with E-state index in [1.165, 1.54) is 4.90 Å². The number of hydrogen-bond donors (Lipinski definition) is 1. The number of rotatable bonds is 6. The van der Waals surface area contributed by atoms with Crippen LogP contribution in [0, 0.1) is 0 Å². The monoisotopic (exact) mass is 345 g/mol. The van der Waals surface area contributed by atoms with Crippen molar-refractivity contribution in [2.75, 3.05) is 31.6 Å². The molecule has 136 valence electrons. The summed E-state index contributed by atoms with van der Waals surface area (Å²) >= 11 is 0. The van der Waals surface area contributed by atoms with Crippen LogP contribution in [0.1, 0.15) is 33.1 Å². The topological polar surface area (TPSA) is 61.9 Å². The molecule has 0 radical (unpaired) electrons. The molecule has 3 rings (SSSR count). The summed E-state index contributed by atoms with van der Waals surface area (Å²) in [6.45, 7) is 6.66. The van der Waals surface area contributed by atoms with Crippen molar-refractivity contribution >= 4 is 17.5 Å². The molecular formula is C19H27N3O3. The molecule has 2 amide bonds. The van der Waals surface area contributed by atoms with Crippen LogP contribution in [0.3, 0.4) is 0 Å². The molecule has 25 heavy (non-hydrogen) atoms. The molecule has 1 N–H and O–H groups in total. The quantitative estimate of drug-likeness (QED) is 0.800. The zero-order chi connectivity index (χ0) is 17.8. The molecule has 0 bridgehead atoms. The Labute approximate surface area is 149 Å². The Bertz CT molecular complexity index is 609. The van der Waals surface area contributed by atoms with Crippen LogP contribution in [0.15, 0.2) is 24.3 Å². The van der Waals surface area contributed by atoms with Crippen molar-refractivity contribution in [3.05, 3.63) is 24.3 Å². The van der Waals surface area contributed by atoms with Crippen molar-refractivity contribution in [2.24, 2.45) is 0 Å². The first-order valence-electron chi connectivity index (χ1n) is 9.20. The Hall–Kier alpha value is -2.08. The number of carbonyl (C=O) groups excluding carboxylic acids is 2. The molecule has 1 atom stereocenters. The highest BCUT2D eigenvalue weighted by atomic mass is 16.5. The molecule has 1 aromatic carbocycles. The minimum Gasteiger partial charge on any atom is -0.494 e. The Kier molecular flexibility index (Phi) is 5.58. The van der Waals surface area contributed by atoms with Gasteiger partial charge in [0.1, 0.15) is 5.75 Å². The maximum Gasteiger partial charge on any atom is 0.247 e. The van der Waals surface area contributed by atoms with Gasteiger partial charge in [0.05, 0.1) is 19.1 Å². The number of ether oxygens (including phenoxy) is 1. The summed E-state index contributed by atoms with van der Waals surface area (Å²) in [7, 11) is 0. The Morgan fingerprint density at radius 3 is 2.36 bits per heavy atom. The molecule has 2 heterocycles. The van der Waals surface area contributed by atoms with E-state index in [4.69, 9.17) is 4.74 Å². The smallest absolute Gasteiger partial charge is 0.247 e. The fourth-order valence-electron chi connectivity index (χ4n) is 3.69. The average Bonchev–Trinajstić information content (AvgIpc) is 2.91. The first kappa shape index (κ1) is 17.7. The maximum absolute atomic E-state index is 12.3. The fraction of sp³-hybridized carbons (Fsp3) is 0.579. The van der Waals surface area contributed by atoms with Crippen molar-refractivity contribution in [1.29, 1.82) is 0 Å². The van der Waals surface area contributed by atoms with E-state index in [0.29, 0.717) is 25.6 Å². The van der Waals surface area contributed by atoms with E-state index in [-0.39, 0.29) is 17.9 Å². The van der Waals surface area contributed by atoms with Crippen molar-refractivity contribution < 1.29 is 14.3 Å². The number of amides is 2. The van der Waals surface area contributed by atoms with Crippen LogP contribution in [0.2, 0.25) is 0 Å². The van der Waals surface area contributed by atoms with Crippen LogP contribution in [0.4, 0.5) is 5.69 Å². The maximum atomic E-state index is 12.3. The van der Waals surface area contributed by atoms with Crippen molar-refractivity contribution in [3.63, 3.8) is 0 Å². The molecule has 0 spiro atoms. The lowest BCUT2D eigenvalue weighted by Crippen LogP contribution is -2.47. The number of piperidine rings is 1. The van der Waals surface area contributed by atoms with Crippen molar-refractivity contribution in [3.8, 4) is 5.75 Å². The summed E-state index contributed by atoms with van der Waals surface area (Å²) in [6, 6.07) is 8.17. The zero-order valence-corrected chi connectivity index (χ0v) is 15.0. The van der Waals surface area contributed by atoms with Gasteiger partial charge in [0.25, 0.3) is 0 Å². The molecule has 1 aromatic rings. The lowest BCUT2D eigenvalue weighted by molar-refractivity contribution is -0.139. The molecular weight excluding hydrogens is 318 g/mol. The highest BCUT2D eigenvalue weighted by Gasteiger charge is 2.41. The third-order valence-electron chi connectivity index (χ3n) is 5.04. The van der Waals surface area contributed by atoms with E-state index in [0.717, 1.165) is 37.4 Å². The minimum atomic E-state index is -0.251. The molecule has 0 aromatic heterocycles. The largest absolute Gasteiger partial charge is 0.494 e. The van der Waals surface area contributed by atoms with Crippen molar-refractivity contribution in [2.45, 2.75) is 45.2 Å². The van der Waals surface area contributed by atoms with Crippen LogP contribution in [0.25, 0.3) is 0 Å². The predicted molar refractivity (Wildman–Crippen MR) is 96.6 cm³/mol. The number of carbonyl (C=O) groups is 2. The highest BCUT2D eigenvalue weighted by Crippen LogP contribution is 2.24. The molecule has 6 nitrogen and oxygen atoms in total. The standard InChI is InChI=1S/C19H27N3O3/c1-3-22-18(23)13-17(19(22)24)21-11-9-15(10-12-21)20-14-5-7-16(8-6-14)25-4-2/h5-8,15,17,20H,3-4,9-13H2,1-2H3/t17-/m0/s1. The molecule has 2 saturated heterocycles. The number of hydrogen-bond acceptors (Lipinski definition) is 5. The van der Waals surface area contributed by atoms with Crippen LogP contribution >= 0.6 is 0 Å². The van der Waals surface area contributed by atoms with Gasteiger partial charge in [-0.2, -0.15) is 0 Å². The Morgan fingerprint density at radius 2 is 1.80 bits per heavy atom. The van der Waals surface area contributed by atoms with E-state index >= 15 is 0 Å². The summed E-state index contributed by atoms with van der Waals surface area (Å²) in [5.41, 5.74) is 1.09. The van der Waals surface area contributed by atoms with Crippen LogP contribution in [-0.4, -0.2) is 59.9 Å². The number of nitrogens with one attached hydrogen (secondary N) is 1. The van der Waals surface area contributed by atoms with E-state index < -0.39 is 0 Å². The van der Waals surface area contributed by atoms with E-state index in [9.17, 15) is 9.59 Å². The number of likely N-dealkylation sites (tertiary alicyclic amines) is 2. The van der Waals surface area contributed by atoms with E-state index in [1.54, 1.807) is 0 Å². The normalized spacial score (nSPS) is 22.5. The molecule has 0 aliphatic carbocycles. The second kappa shape index (κ2) is 7.87. The number of benzene rings is 1. The van der Waals surface area contributed by atoms with Gasteiger partial charge in [-0.25, -0.2) is 0 Å². The highest BCUT2D eigenvalue weighted by molar-refractivity contribution is 6.05. The minimum absolute atomic E-state index is 0.0228. The lowest BCUT2D eigenvalue weighted by atomic mass is 10.0. The number of imide groups is 1. The molecule has 2 aliphatic rings. The van der Waals surface area contributed by atoms with Gasteiger partial charge >= 0.3 is 0 Å². The first-order chi connectivity index (χ1) is 12.1. The van der Waals surface area contributed by atoms with Gasteiger partial charge in [-0.05, 0) is 51.0 Å². The average molecular weight is 345 g/mol.